The molecule has 6 nitrogen and oxygen atoms in total. The van der Waals surface area contributed by atoms with E-state index in [4.69, 9.17) is 9.94 Å². The lowest BCUT2D eigenvalue weighted by molar-refractivity contribution is 0.0706. The third-order valence-corrected chi connectivity index (χ3v) is 4.54. The minimum Gasteiger partial charge on any atom is -0.497 e. The Kier molecular flexibility index (Phi) is 6.60. The van der Waals surface area contributed by atoms with Gasteiger partial charge in [-0.2, -0.15) is 0 Å². The second-order valence-electron chi connectivity index (χ2n) is 6.46. The number of rotatable bonds is 7. The first-order chi connectivity index (χ1) is 14.1. The molecule has 0 aliphatic carbocycles. The number of amides is 2. The number of hydrogen-bond donors (Lipinski definition) is 3. The van der Waals surface area contributed by atoms with Gasteiger partial charge in [0.2, 0.25) is 0 Å². The highest BCUT2D eigenvalue weighted by atomic mass is 16.5. The highest BCUT2D eigenvalue weighted by Crippen LogP contribution is 2.22. The number of carbonyl (C=O) groups excluding carboxylic acids is 2. The maximum atomic E-state index is 12.5. The van der Waals surface area contributed by atoms with Gasteiger partial charge in [0.25, 0.3) is 11.8 Å². The Hall–Kier alpha value is -3.64. The maximum Gasteiger partial charge on any atom is 0.274 e. The lowest BCUT2D eigenvalue weighted by atomic mass is 10.0. The SMILES string of the molecule is COc1ccc(CCNC(=O)c2cccc(-c3cccc(C(=O)NO)c3)c2)cc1. The van der Waals surface area contributed by atoms with Crippen LogP contribution in [0.2, 0.25) is 0 Å². The predicted octanol–water partition coefficient (Wildman–Crippen LogP) is 3.45. The molecular weight excluding hydrogens is 368 g/mol. The van der Waals surface area contributed by atoms with E-state index < -0.39 is 5.91 Å². The molecule has 0 aromatic heterocycles. The van der Waals surface area contributed by atoms with Crippen LogP contribution in [0.4, 0.5) is 0 Å². The summed E-state index contributed by atoms with van der Waals surface area (Å²) in [7, 11) is 1.63. The number of hydrogen-bond acceptors (Lipinski definition) is 4. The van der Waals surface area contributed by atoms with E-state index in [0.717, 1.165) is 22.4 Å². The molecule has 0 atom stereocenters. The fourth-order valence-electron chi connectivity index (χ4n) is 2.96. The quantitative estimate of drug-likeness (QED) is 0.426. The van der Waals surface area contributed by atoms with E-state index in [0.29, 0.717) is 24.1 Å². The summed E-state index contributed by atoms with van der Waals surface area (Å²) in [5.74, 6) is 0.0547. The number of benzene rings is 3. The molecule has 0 spiro atoms. The van der Waals surface area contributed by atoms with Crippen LogP contribution in [-0.4, -0.2) is 30.7 Å². The first-order valence-electron chi connectivity index (χ1n) is 9.17. The fourth-order valence-corrected chi connectivity index (χ4v) is 2.96. The summed E-state index contributed by atoms with van der Waals surface area (Å²) >= 11 is 0. The standard InChI is InChI=1S/C23H22N2O4/c1-29-21-10-8-16(9-11-21)12-13-24-22(26)19-6-2-4-17(14-19)18-5-3-7-20(15-18)23(27)25-28/h2-11,14-15,28H,12-13H2,1H3,(H,24,26)(H,25,27). The first-order valence-corrected chi connectivity index (χ1v) is 9.17. The Labute approximate surface area is 169 Å². The van der Waals surface area contributed by atoms with E-state index in [1.165, 1.54) is 0 Å². The van der Waals surface area contributed by atoms with Gasteiger partial charge in [-0.05, 0) is 59.5 Å². The second kappa shape index (κ2) is 9.52. The molecule has 2 amide bonds. The molecule has 0 fully saturated rings. The van der Waals surface area contributed by atoms with Crippen LogP contribution >= 0.6 is 0 Å². The third kappa shape index (κ3) is 5.21. The predicted molar refractivity (Wildman–Crippen MR) is 110 cm³/mol. The van der Waals surface area contributed by atoms with E-state index in [1.54, 1.807) is 49.0 Å². The number of hydroxylamine groups is 1. The number of carbonyl (C=O) groups is 2. The molecule has 0 bridgehead atoms. The highest BCUT2D eigenvalue weighted by Gasteiger charge is 2.09. The normalized spacial score (nSPS) is 10.3. The molecule has 0 aliphatic heterocycles. The van der Waals surface area contributed by atoms with Gasteiger partial charge in [0, 0.05) is 17.7 Å². The molecule has 0 heterocycles. The Morgan fingerprint density at radius 3 is 2.00 bits per heavy atom. The smallest absolute Gasteiger partial charge is 0.274 e. The van der Waals surface area contributed by atoms with Crippen molar-refractivity contribution in [3.8, 4) is 16.9 Å². The van der Waals surface area contributed by atoms with Crippen LogP contribution in [0.3, 0.4) is 0 Å². The molecule has 0 saturated carbocycles. The second-order valence-corrected chi connectivity index (χ2v) is 6.46. The minimum absolute atomic E-state index is 0.162. The molecule has 0 unspecified atom stereocenters. The molecule has 0 radical (unpaired) electrons. The minimum atomic E-state index is -0.584. The number of methoxy groups -OCH3 is 1. The summed E-state index contributed by atoms with van der Waals surface area (Å²) in [6.07, 6.45) is 0.716. The first kappa shape index (κ1) is 20.1. The van der Waals surface area contributed by atoms with Crippen LogP contribution in [0, 0.1) is 0 Å². The number of ether oxygens (including phenoxy) is 1. The highest BCUT2D eigenvalue weighted by molar-refractivity contribution is 5.96. The van der Waals surface area contributed by atoms with Gasteiger partial charge in [-0.25, -0.2) is 5.48 Å². The molecule has 0 saturated heterocycles. The summed E-state index contributed by atoms with van der Waals surface area (Å²) in [6, 6.07) is 21.7. The van der Waals surface area contributed by atoms with E-state index in [1.807, 2.05) is 36.4 Å². The van der Waals surface area contributed by atoms with Crippen molar-refractivity contribution < 1.29 is 19.5 Å². The van der Waals surface area contributed by atoms with Gasteiger partial charge in [-0.3, -0.25) is 14.8 Å². The van der Waals surface area contributed by atoms with Gasteiger partial charge in [-0.1, -0.05) is 36.4 Å². The zero-order valence-electron chi connectivity index (χ0n) is 16.0. The van der Waals surface area contributed by atoms with Crippen molar-refractivity contribution in [3.63, 3.8) is 0 Å². The molecule has 3 N–H and O–H groups in total. The van der Waals surface area contributed by atoms with Crippen molar-refractivity contribution in [2.75, 3.05) is 13.7 Å². The van der Waals surface area contributed by atoms with E-state index >= 15 is 0 Å². The van der Waals surface area contributed by atoms with Crippen molar-refractivity contribution >= 4 is 11.8 Å². The van der Waals surface area contributed by atoms with E-state index in [9.17, 15) is 9.59 Å². The molecule has 3 aromatic rings. The van der Waals surface area contributed by atoms with Gasteiger partial charge in [-0.15, -0.1) is 0 Å². The Morgan fingerprint density at radius 1 is 0.862 bits per heavy atom. The van der Waals surface area contributed by atoms with Crippen LogP contribution in [0.15, 0.2) is 72.8 Å². The van der Waals surface area contributed by atoms with Crippen LogP contribution in [0.25, 0.3) is 11.1 Å². The Bertz CT molecular complexity index is 1000. The van der Waals surface area contributed by atoms with Crippen molar-refractivity contribution in [3.05, 3.63) is 89.5 Å². The summed E-state index contributed by atoms with van der Waals surface area (Å²) in [5, 5.41) is 11.7. The Balaban J connectivity index is 1.65. The van der Waals surface area contributed by atoms with E-state index in [2.05, 4.69) is 5.32 Å². The summed E-state index contributed by atoms with van der Waals surface area (Å²) in [6.45, 7) is 0.515. The molecule has 3 aromatic carbocycles. The van der Waals surface area contributed by atoms with Gasteiger partial charge >= 0.3 is 0 Å². The monoisotopic (exact) mass is 390 g/mol. The topological polar surface area (TPSA) is 87.7 Å². The lowest BCUT2D eigenvalue weighted by Gasteiger charge is -2.09. The van der Waals surface area contributed by atoms with Gasteiger partial charge < -0.3 is 10.1 Å². The molecule has 148 valence electrons. The molecule has 3 rings (SSSR count). The average Bonchev–Trinajstić information content (AvgIpc) is 2.79. The number of nitrogens with one attached hydrogen (secondary N) is 2. The fraction of sp³-hybridized carbons (Fsp3) is 0.130. The molecule has 0 aliphatic rings. The summed E-state index contributed by atoms with van der Waals surface area (Å²) in [5.41, 5.74) is 5.18. The summed E-state index contributed by atoms with van der Waals surface area (Å²) < 4.78 is 5.14. The van der Waals surface area contributed by atoms with Gasteiger partial charge in [0.15, 0.2) is 0 Å². The van der Waals surface area contributed by atoms with Crippen LogP contribution < -0.4 is 15.5 Å². The van der Waals surface area contributed by atoms with Crippen molar-refractivity contribution in [2.24, 2.45) is 0 Å². The molecular formula is C23H22N2O4. The summed E-state index contributed by atoms with van der Waals surface area (Å²) in [4.78, 5) is 24.1. The zero-order chi connectivity index (χ0) is 20.6. The zero-order valence-corrected chi connectivity index (χ0v) is 16.0. The van der Waals surface area contributed by atoms with Crippen molar-refractivity contribution in [1.82, 2.24) is 10.8 Å². The van der Waals surface area contributed by atoms with Crippen molar-refractivity contribution in [1.29, 1.82) is 0 Å². The maximum absolute atomic E-state index is 12.5. The van der Waals surface area contributed by atoms with Crippen LogP contribution in [0.5, 0.6) is 5.75 Å². The largest absolute Gasteiger partial charge is 0.497 e. The Morgan fingerprint density at radius 2 is 1.45 bits per heavy atom. The van der Waals surface area contributed by atoms with Crippen LogP contribution in [0.1, 0.15) is 26.3 Å². The molecule has 6 heteroatoms. The van der Waals surface area contributed by atoms with Crippen LogP contribution in [-0.2, 0) is 6.42 Å². The van der Waals surface area contributed by atoms with E-state index in [-0.39, 0.29) is 5.91 Å². The van der Waals surface area contributed by atoms with Gasteiger partial charge in [0.05, 0.1) is 7.11 Å². The average molecular weight is 390 g/mol. The van der Waals surface area contributed by atoms with Gasteiger partial charge in [0.1, 0.15) is 5.75 Å². The third-order valence-electron chi connectivity index (χ3n) is 4.54. The lowest BCUT2D eigenvalue weighted by Crippen LogP contribution is -2.25. The molecule has 29 heavy (non-hydrogen) atoms. The van der Waals surface area contributed by atoms with Crippen molar-refractivity contribution in [2.45, 2.75) is 6.42 Å².